The molecule has 22 heteroatoms. The van der Waals surface area contributed by atoms with Gasteiger partial charge in [0.1, 0.15) is 41.2 Å². The number of anilines is 1. The first-order valence-corrected chi connectivity index (χ1v) is 21.2. The number of fused-ring (bicyclic) bond motifs is 5. The van der Waals surface area contributed by atoms with Gasteiger partial charge in [-0.3, -0.25) is 33.2 Å². The number of aryl methyl sites for hydroxylation is 1. The number of hydrogen-bond acceptors (Lipinski definition) is 8. The highest BCUT2D eigenvalue weighted by molar-refractivity contribution is 7.92. The minimum atomic E-state index is -3.94. The Morgan fingerprint density at radius 3 is 2.44 bits per heavy atom. The lowest BCUT2D eigenvalue weighted by Crippen LogP contribution is -2.38. The molecule has 9 rings (SSSR count). The van der Waals surface area contributed by atoms with Gasteiger partial charge < -0.3 is 5.32 Å². The number of hydrogen-bond donors (Lipinski definition) is 2. The summed E-state index contributed by atoms with van der Waals surface area (Å²) in [5.74, 6) is -9.22. The van der Waals surface area contributed by atoms with Crippen LogP contribution < -0.4 is 15.6 Å². The van der Waals surface area contributed by atoms with Crippen molar-refractivity contribution in [2.45, 2.75) is 50.1 Å². The fourth-order valence-corrected chi connectivity index (χ4v) is 9.48. The minimum Gasteiger partial charge on any atom is -0.344 e. The van der Waals surface area contributed by atoms with Crippen LogP contribution in [0.1, 0.15) is 54.2 Å². The van der Waals surface area contributed by atoms with Gasteiger partial charge >= 0.3 is 0 Å². The summed E-state index contributed by atoms with van der Waals surface area (Å²) < 4.78 is 134. The predicted molar refractivity (Wildman–Crippen MR) is 216 cm³/mol. The molecular formula is C41H31ClF7N9O4S. The summed E-state index contributed by atoms with van der Waals surface area (Å²) >= 11 is 6.61. The number of nitrogens with one attached hydrogen (secondary N) is 2. The summed E-state index contributed by atoms with van der Waals surface area (Å²) in [6.45, 7) is 0.398. The maximum absolute atomic E-state index is 15.8. The van der Waals surface area contributed by atoms with Crippen LogP contribution in [0.15, 0.2) is 71.8 Å². The highest BCUT2D eigenvalue weighted by Gasteiger charge is 2.74. The molecule has 7 aromatic rings. The zero-order valence-corrected chi connectivity index (χ0v) is 34.5. The van der Waals surface area contributed by atoms with Crippen LogP contribution in [0.25, 0.3) is 38.6 Å². The number of carbonyl (C=O) groups excluding carboxylic acids is 1. The molecule has 4 aromatic heterocycles. The third-order valence-electron chi connectivity index (χ3n) is 11.5. The molecule has 1 amide bonds. The third kappa shape index (κ3) is 7.06. The van der Waals surface area contributed by atoms with E-state index < -0.39 is 93.0 Å². The van der Waals surface area contributed by atoms with Crippen molar-refractivity contribution in [1.29, 1.82) is 0 Å². The number of nitrogens with zero attached hydrogens (tertiary/aromatic N) is 7. The first kappa shape index (κ1) is 42.0. The summed E-state index contributed by atoms with van der Waals surface area (Å²) in [7, 11) is -2.51. The van der Waals surface area contributed by atoms with Crippen molar-refractivity contribution in [3.05, 3.63) is 128 Å². The van der Waals surface area contributed by atoms with Gasteiger partial charge in [0.05, 0.1) is 44.8 Å². The van der Waals surface area contributed by atoms with Gasteiger partial charge in [0.25, 0.3) is 17.9 Å². The number of alkyl halides is 4. The zero-order valence-electron chi connectivity index (χ0n) is 32.9. The van der Waals surface area contributed by atoms with E-state index in [2.05, 4.69) is 25.2 Å². The monoisotopic (exact) mass is 913 g/mol. The van der Waals surface area contributed by atoms with Crippen LogP contribution in [0, 0.1) is 23.4 Å². The average molecular weight is 914 g/mol. The number of rotatable bonds is 11. The second kappa shape index (κ2) is 14.6. The lowest BCUT2D eigenvalue weighted by atomic mass is 9.99. The van der Waals surface area contributed by atoms with Crippen molar-refractivity contribution in [3.63, 3.8) is 0 Å². The van der Waals surface area contributed by atoms with Gasteiger partial charge in [0, 0.05) is 54.4 Å². The second-order valence-electron chi connectivity index (χ2n) is 15.8. The lowest BCUT2D eigenvalue weighted by Gasteiger charge is -2.24. The molecule has 63 heavy (non-hydrogen) atoms. The molecule has 326 valence electrons. The summed E-state index contributed by atoms with van der Waals surface area (Å²) in [4.78, 5) is 37.9. The molecular weight excluding hydrogens is 883 g/mol. The fourth-order valence-electron chi connectivity index (χ4n) is 8.74. The number of carbonyl (C=O) groups is 1. The molecule has 0 aliphatic heterocycles. The van der Waals surface area contributed by atoms with Gasteiger partial charge in [0.2, 0.25) is 15.9 Å². The maximum atomic E-state index is 15.8. The van der Waals surface area contributed by atoms with E-state index in [4.69, 9.17) is 16.6 Å². The van der Waals surface area contributed by atoms with Crippen LogP contribution in [0.2, 0.25) is 5.02 Å². The van der Waals surface area contributed by atoms with Crippen molar-refractivity contribution < 1.29 is 43.9 Å². The number of sulfonamides is 1. The van der Waals surface area contributed by atoms with Crippen molar-refractivity contribution in [3.8, 4) is 16.8 Å². The maximum Gasteiger partial charge on any atom is 0.293 e. The van der Waals surface area contributed by atoms with Crippen molar-refractivity contribution in [2.75, 3.05) is 11.0 Å². The zero-order chi connectivity index (χ0) is 45.1. The van der Waals surface area contributed by atoms with Gasteiger partial charge in [-0.2, -0.15) is 19.0 Å². The van der Waals surface area contributed by atoms with Gasteiger partial charge in [0.15, 0.2) is 5.82 Å². The lowest BCUT2D eigenvalue weighted by molar-refractivity contribution is -0.123. The standard InChI is InChI=1S/C41H31ClF7N9O4S/c1-40-15-29(40)41(48,49)35-32(40)33(36(46)47)53-57(35)17-30(59)51-27(12-18-10-20(43)14-21(44)11-18)38-52-26-13-19(23-16-50-9-8-25(23)45)4-5-22(26)39(60)58(38)28-7-6-24(42)31-34(28)56(2)54-37(31)55-63(3,61)62/h4-11,13-14,16,27,29,36H,12,15,17H2,1-3H3,(H,51,59)(H,54,55)/t27-,29?,40?/m0/s1. The Kier molecular flexibility index (Phi) is 9.74. The van der Waals surface area contributed by atoms with Crippen LogP contribution in [0.4, 0.5) is 36.6 Å². The number of halogens is 8. The summed E-state index contributed by atoms with van der Waals surface area (Å²) in [5, 5.41) is 10.6. The largest absolute Gasteiger partial charge is 0.344 e. The first-order valence-electron chi connectivity index (χ1n) is 19.0. The smallest absolute Gasteiger partial charge is 0.293 e. The Hall–Kier alpha value is -6.35. The molecule has 4 heterocycles. The summed E-state index contributed by atoms with van der Waals surface area (Å²) in [6.07, 6.45) is -0.469. The van der Waals surface area contributed by atoms with Crippen LogP contribution in [0.5, 0.6) is 0 Å². The number of amides is 1. The SMILES string of the molecule is Cn1nc(NS(C)(=O)=O)c2c(Cl)ccc(-n3c([C@H](Cc4cc(F)cc(F)c4)NC(=O)Cn4nc(C(F)F)c5c4C(F)(F)C4CC54C)nc4cc(-c5cnccc5F)ccc4c3=O)c21. The van der Waals surface area contributed by atoms with E-state index in [0.29, 0.717) is 10.7 Å². The van der Waals surface area contributed by atoms with Gasteiger partial charge in [-0.05, 0) is 60.0 Å². The van der Waals surface area contributed by atoms with E-state index in [-0.39, 0.29) is 72.8 Å². The molecule has 13 nitrogen and oxygen atoms in total. The number of aromatic nitrogens is 7. The molecule has 0 saturated heterocycles. The molecule has 0 radical (unpaired) electrons. The van der Waals surface area contributed by atoms with E-state index in [1.807, 2.05) is 0 Å². The molecule has 0 bridgehead atoms. The van der Waals surface area contributed by atoms with Gasteiger partial charge in [-0.25, -0.2) is 35.4 Å². The summed E-state index contributed by atoms with van der Waals surface area (Å²) in [5.41, 5.74) is -4.00. The molecule has 2 unspecified atom stereocenters. The Morgan fingerprint density at radius 1 is 1.03 bits per heavy atom. The van der Waals surface area contributed by atoms with E-state index >= 15 is 13.2 Å². The van der Waals surface area contributed by atoms with Crippen molar-refractivity contribution >= 4 is 55.2 Å². The van der Waals surface area contributed by atoms with Gasteiger partial charge in [-0.15, -0.1) is 0 Å². The summed E-state index contributed by atoms with van der Waals surface area (Å²) in [6, 6.07) is 8.90. The van der Waals surface area contributed by atoms with Crippen LogP contribution in [0.3, 0.4) is 0 Å². The number of benzene rings is 3. The Morgan fingerprint density at radius 2 is 1.76 bits per heavy atom. The predicted octanol–water partition coefficient (Wildman–Crippen LogP) is 7.39. The van der Waals surface area contributed by atoms with Crippen LogP contribution in [-0.2, 0) is 46.2 Å². The van der Waals surface area contributed by atoms with E-state index in [1.165, 1.54) is 61.4 Å². The molecule has 2 aliphatic carbocycles. The molecule has 2 aliphatic rings. The highest BCUT2D eigenvalue weighted by atomic mass is 35.5. The molecule has 0 spiro atoms. The quantitative estimate of drug-likeness (QED) is 0.127. The van der Waals surface area contributed by atoms with Crippen molar-refractivity contribution in [1.82, 2.24) is 39.4 Å². The minimum absolute atomic E-state index is 0.00204. The Bertz CT molecular complexity index is 3250. The Labute approximate surface area is 356 Å². The third-order valence-corrected chi connectivity index (χ3v) is 12.3. The van der Waals surface area contributed by atoms with E-state index in [1.54, 1.807) is 0 Å². The first-order chi connectivity index (χ1) is 29.7. The van der Waals surface area contributed by atoms with Crippen LogP contribution >= 0.6 is 11.6 Å². The second-order valence-corrected chi connectivity index (χ2v) is 18.0. The number of pyridine rings is 1. The highest BCUT2D eigenvalue weighted by Crippen LogP contribution is 2.71. The molecule has 3 aromatic carbocycles. The van der Waals surface area contributed by atoms with E-state index in [9.17, 15) is 35.6 Å². The average Bonchev–Trinajstić information content (AvgIpc) is 3.49. The van der Waals surface area contributed by atoms with Gasteiger partial charge in [-0.1, -0.05) is 24.6 Å². The molecule has 2 N–H and O–H groups in total. The van der Waals surface area contributed by atoms with Crippen molar-refractivity contribution in [2.24, 2.45) is 13.0 Å². The Balaban J connectivity index is 1.26. The molecule has 3 atom stereocenters. The normalized spacial score (nSPS) is 18.2. The molecule has 1 saturated carbocycles. The van der Waals surface area contributed by atoms with Crippen LogP contribution in [-0.4, -0.2) is 54.7 Å². The fraction of sp³-hybridized carbons (Fsp3) is 0.268. The topological polar surface area (TPSA) is 159 Å². The van der Waals surface area contributed by atoms with E-state index in [0.717, 1.165) is 29.0 Å². The molecule has 1 fully saturated rings.